The van der Waals surface area contributed by atoms with Crippen molar-refractivity contribution in [2.75, 3.05) is 39.0 Å². The van der Waals surface area contributed by atoms with Crippen LogP contribution in [0.3, 0.4) is 0 Å². The van der Waals surface area contributed by atoms with E-state index < -0.39 is 4.92 Å². The molecule has 2 aliphatic rings. The molecule has 1 aromatic carbocycles. The summed E-state index contributed by atoms with van der Waals surface area (Å²) < 4.78 is 5.01. The zero-order chi connectivity index (χ0) is 18.5. The molecule has 0 bridgehead atoms. The van der Waals surface area contributed by atoms with Gasteiger partial charge in [-0.3, -0.25) is 14.9 Å². The molecule has 2 fully saturated rings. The van der Waals surface area contributed by atoms with Crippen molar-refractivity contribution < 1.29 is 14.5 Å². The number of carbonyl (C=O) groups excluding carboxylic acids is 1. The molecular weight excluding hydrogens is 354 g/mol. The van der Waals surface area contributed by atoms with Gasteiger partial charge >= 0.3 is 5.69 Å². The lowest BCUT2D eigenvalue weighted by Crippen LogP contribution is -2.34. The highest BCUT2D eigenvalue weighted by molar-refractivity contribution is 7.99. The Bertz CT molecular complexity index is 656. The molecule has 7 nitrogen and oxygen atoms in total. The molecule has 1 aromatic rings. The molecule has 3 rings (SSSR count). The van der Waals surface area contributed by atoms with Gasteiger partial charge in [0.25, 0.3) is 0 Å². The topological polar surface area (TPSA) is 84.7 Å². The summed E-state index contributed by atoms with van der Waals surface area (Å²) in [5.74, 6) is 2.82. The van der Waals surface area contributed by atoms with Gasteiger partial charge in [-0.05, 0) is 49.4 Å². The SMILES string of the molecule is COc1ccc(CSCC(=O)N2CC[C@@H]3CNC[C@@H]3CC2)cc1[N+](=O)[O-]. The number of thioether (sulfide) groups is 1. The molecule has 0 aliphatic carbocycles. The van der Waals surface area contributed by atoms with Gasteiger partial charge in [-0.1, -0.05) is 6.07 Å². The first-order valence-electron chi connectivity index (χ1n) is 8.96. The highest BCUT2D eigenvalue weighted by Gasteiger charge is 2.31. The van der Waals surface area contributed by atoms with Crippen molar-refractivity contribution in [3.63, 3.8) is 0 Å². The third kappa shape index (κ3) is 4.48. The Morgan fingerprint density at radius 2 is 2.04 bits per heavy atom. The van der Waals surface area contributed by atoms with Crippen molar-refractivity contribution in [2.24, 2.45) is 11.8 Å². The molecule has 0 unspecified atom stereocenters. The largest absolute Gasteiger partial charge is 0.490 e. The molecule has 2 saturated heterocycles. The maximum Gasteiger partial charge on any atom is 0.311 e. The number of amides is 1. The Balaban J connectivity index is 1.49. The number of benzene rings is 1. The Kier molecular flexibility index (Phi) is 6.37. The summed E-state index contributed by atoms with van der Waals surface area (Å²) in [6, 6.07) is 4.94. The van der Waals surface area contributed by atoms with Gasteiger partial charge in [-0.15, -0.1) is 11.8 Å². The van der Waals surface area contributed by atoms with Gasteiger partial charge in [-0.25, -0.2) is 0 Å². The fraction of sp³-hybridized carbons (Fsp3) is 0.611. The van der Waals surface area contributed by atoms with Crippen molar-refractivity contribution >= 4 is 23.4 Å². The van der Waals surface area contributed by atoms with Crippen molar-refractivity contribution in [3.8, 4) is 5.75 Å². The first-order valence-corrected chi connectivity index (χ1v) is 10.1. The number of nitro benzene ring substituents is 1. The van der Waals surface area contributed by atoms with Crippen molar-refractivity contribution in [3.05, 3.63) is 33.9 Å². The molecule has 0 saturated carbocycles. The molecule has 0 radical (unpaired) electrons. The van der Waals surface area contributed by atoms with Gasteiger partial charge in [-0.2, -0.15) is 0 Å². The number of methoxy groups -OCH3 is 1. The van der Waals surface area contributed by atoms with Crippen LogP contribution in [0, 0.1) is 22.0 Å². The van der Waals surface area contributed by atoms with Crippen molar-refractivity contribution in [1.29, 1.82) is 0 Å². The third-order valence-electron chi connectivity index (χ3n) is 5.31. The molecule has 26 heavy (non-hydrogen) atoms. The summed E-state index contributed by atoms with van der Waals surface area (Å²) in [5.41, 5.74) is 0.788. The molecule has 0 aromatic heterocycles. The van der Waals surface area contributed by atoms with Gasteiger partial charge in [0.05, 0.1) is 17.8 Å². The third-order valence-corrected chi connectivity index (χ3v) is 6.29. The molecule has 1 amide bonds. The number of fused-ring (bicyclic) bond motifs is 1. The fourth-order valence-electron chi connectivity index (χ4n) is 3.78. The number of nitro groups is 1. The average molecular weight is 379 g/mol. The first-order chi connectivity index (χ1) is 12.6. The van der Waals surface area contributed by atoms with Gasteiger partial charge in [0, 0.05) is 24.9 Å². The quantitative estimate of drug-likeness (QED) is 0.603. The van der Waals surface area contributed by atoms with E-state index >= 15 is 0 Å². The number of rotatable bonds is 6. The predicted octanol–water partition coefficient (Wildman–Crippen LogP) is 2.29. The van der Waals surface area contributed by atoms with E-state index in [1.54, 1.807) is 6.07 Å². The van der Waals surface area contributed by atoms with Crippen LogP contribution in [0.2, 0.25) is 0 Å². The monoisotopic (exact) mass is 379 g/mol. The number of nitrogens with one attached hydrogen (secondary N) is 1. The Morgan fingerprint density at radius 3 is 2.65 bits per heavy atom. The zero-order valence-corrected chi connectivity index (χ0v) is 15.8. The summed E-state index contributed by atoms with van der Waals surface area (Å²) in [4.78, 5) is 25.1. The predicted molar refractivity (Wildman–Crippen MR) is 101 cm³/mol. The van der Waals surface area contributed by atoms with Crippen LogP contribution in [0.4, 0.5) is 5.69 Å². The zero-order valence-electron chi connectivity index (χ0n) is 15.0. The lowest BCUT2D eigenvalue weighted by atomic mass is 9.92. The smallest absolute Gasteiger partial charge is 0.311 e. The summed E-state index contributed by atoms with van der Waals surface area (Å²) >= 11 is 1.50. The lowest BCUT2D eigenvalue weighted by molar-refractivity contribution is -0.385. The minimum absolute atomic E-state index is 0.0374. The normalized spacial score (nSPS) is 22.6. The Morgan fingerprint density at radius 1 is 1.35 bits per heavy atom. The van der Waals surface area contributed by atoms with Crippen LogP contribution in [-0.2, 0) is 10.5 Å². The molecular formula is C18H25N3O4S. The summed E-state index contributed by atoms with van der Waals surface area (Å²) in [5, 5.41) is 14.5. The number of nitrogens with zero attached hydrogens (tertiary/aromatic N) is 2. The van der Waals surface area contributed by atoms with E-state index in [9.17, 15) is 14.9 Å². The van der Waals surface area contributed by atoms with E-state index in [0.717, 1.165) is 44.6 Å². The fourth-order valence-corrected chi connectivity index (χ4v) is 4.66. The van der Waals surface area contributed by atoms with E-state index in [-0.39, 0.29) is 17.3 Å². The van der Waals surface area contributed by atoms with Crippen LogP contribution in [0.1, 0.15) is 18.4 Å². The maximum absolute atomic E-state index is 12.5. The first kappa shape index (κ1) is 19.0. The van der Waals surface area contributed by atoms with Gasteiger partial charge in [0.15, 0.2) is 5.75 Å². The molecule has 8 heteroatoms. The highest BCUT2D eigenvalue weighted by atomic mass is 32.2. The number of hydrogen-bond acceptors (Lipinski definition) is 6. The number of carbonyl (C=O) groups is 1. The second-order valence-corrected chi connectivity index (χ2v) is 7.88. The number of ether oxygens (including phenoxy) is 1. The van der Waals surface area contributed by atoms with E-state index in [2.05, 4.69) is 5.32 Å². The summed E-state index contributed by atoms with van der Waals surface area (Å²) in [6.45, 7) is 3.85. The molecule has 2 heterocycles. The van der Waals surface area contributed by atoms with E-state index in [0.29, 0.717) is 23.3 Å². The van der Waals surface area contributed by atoms with E-state index in [1.807, 2.05) is 11.0 Å². The van der Waals surface area contributed by atoms with E-state index in [4.69, 9.17) is 4.74 Å². The van der Waals surface area contributed by atoms with Crippen LogP contribution in [-0.4, -0.2) is 54.8 Å². The molecule has 0 spiro atoms. The van der Waals surface area contributed by atoms with E-state index in [1.165, 1.54) is 24.9 Å². The summed E-state index contributed by atoms with van der Waals surface area (Å²) in [6.07, 6.45) is 2.16. The minimum atomic E-state index is -0.443. The Labute approximate surface area is 157 Å². The molecule has 2 atom stereocenters. The van der Waals surface area contributed by atoms with Crippen LogP contribution >= 0.6 is 11.8 Å². The Hall–Kier alpha value is -1.80. The molecule has 142 valence electrons. The van der Waals surface area contributed by atoms with Crippen molar-refractivity contribution in [1.82, 2.24) is 10.2 Å². The van der Waals surface area contributed by atoms with Gasteiger partial charge in [0.2, 0.25) is 5.91 Å². The van der Waals surface area contributed by atoms with Crippen LogP contribution in [0.5, 0.6) is 5.75 Å². The second kappa shape index (κ2) is 8.73. The number of likely N-dealkylation sites (tertiary alicyclic amines) is 1. The van der Waals surface area contributed by atoms with Crippen LogP contribution in [0.25, 0.3) is 0 Å². The highest BCUT2D eigenvalue weighted by Crippen LogP contribution is 2.30. The standard InChI is InChI=1S/C18H25N3O4S/c1-25-17-3-2-13(8-16(17)21(23)24)11-26-12-18(22)20-6-4-14-9-19-10-15(14)5-7-20/h2-3,8,14-15,19H,4-7,9-12H2,1H3/t14-,15+. The second-order valence-electron chi connectivity index (χ2n) is 6.89. The van der Waals surface area contributed by atoms with Crippen molar-refractivity contribution in [2.45, 2.75) is 18.6 Å². The van der Waals surface area contributed by atoms with Crippen LogP contribution in [0.15, 0.2) is 18.2 Å². The molecule has 1 N–H and O–H groups in total. The van der Waals surface area contributed by atoms with Gasteiger partial charge in [0.1, 0.15) is 0 Å². The maximum atomic E-state index is 12.5. The van der Waals surface area contributed by atoms with Crippen LogP contribution < -0.4 is 10.1 Å². The summed E-state index contributed by atoms with van der Waals surface area (Å²) in [7, 11) is 1.42. The minimum Gasteiger partial charge on any atom is -0.490 e. The average Bonchev–Trinajstić information content (AvgIpc) is 2.99. The molecule has 2 aliphatic heterocycles. The van der Waals surface area contributed by atoms with Gasteiger partial charge < -0.3 is 15.0 Å². The number of hydrogen-bond donors (Lipinski definition) is 1. The lowest BCUT2D eigenvalue weighted by Gasteiger charge is -2.20.